The van der Waals surface area contributed by atoms with Crippen LogP contribution >= 0.6 is 0 Å². The van der Waals surface area contributed by atoms with Crippen molar-refractivity contribution in [1.82, 2.24) is 4.98 Å². The van der Waals surface area contributed by atoms with Crippen molar-refractivity contribution in [3.8, 4) is 11.6 Å². The Morgan fingerprint density at radius 2 is 1.79 bits per heavy atom. The summed E-state index contributed by atoms with van der Waals surface area (Å²) >= 11 is 0. The third-order valence-corrected chi connectivity index (χ3v) is 1.87. The van der Waals surface area contributed by atoms with Gasteiger partial charge in [0.05, 0.1) is 19.4 Å². The fourth-order valence-electron chi connectivity index (χ4n) is 1.21. The van der Waals surface area contributed by atoms with Crippen LogP contribution < -0.4 is 9.47 Å². The van der Waals surface area contributed by atoms with Gasteiger partial charge in [-0.25, -0.2) is 4.98 Å². The van der Waals surface area contributed by atoms with E-state index in [0.29, 0.717) is 0 Å². The Morgan fingerprint density at radius 3 is 2.16 bits per heavy atom. The van der Waals surface area contributed by atoms with Gasteiger partial charge in [0.1, 0.15) is 5.56 Å². The summed E-state index contributed by atoms with van der Waals surface area (Å²) in [7, 11) is 0.826. The zero-order valence-electron chi connectivity index (χ0n) is 9.26. The van der Waals surface area contributed by atoms with Gasteiger partial charge in [-0.3, -0.25) is 0 Å². The normalized spacial score (nSPS) is 12.4. The van der Waals surface area contributed by atoms with Crippen LogP contribution in [0, 0.1) is 0 Å². The van der Waals surface area contributed by atoms with Gasteiger partial charge >= 0.3 is 12.5 Å². The van der Waals surface area contributed by atoms with E-state index in [0.717, 1.165) is 7.11 Å². The molecule has 10 heteroatoms. The van der Waals surface area contributed by atoms with Crippen molar-refractivity contribution in [3.63, 3.8) is 0 Å². The molecule has 0 spiro atoms. The van der Waals surface area contributed by atoms with Crippen molar-refractivity contribution < 1.29 is 40.9 Å². The average Bonchev–Trinajstić information content (AvgIpc) is 2.25. The second-order valence-electron chi connectivity index (χ2n) is 3.20. The lowest BCUT2D eigenvalue weighted by atomic mass is 10.2. The molecule has 0 bridgehead atoms. The van der Waals surface area contributed by atoms with Crippen molar-refractivity contribution in [1.29, 1.82) is 0 Å². The lowest BCUT2D eigenvalue weighted by Crippen LogP contribution is -2.21. The summed E-state index contributed by atoms with van der Waals surface area (Å²) in [6.45, 7) is -0.897. The Labute approximate surface area is 102 Å². The minimum atomic E-state index is -5.34. The van der Waals surface area contributed by atoms with Crippen molar-refractivity contribution in [2.24, 2.45) is 0 Å². The first-order chi connectivity index (χ1) is 8.58. The summed E-state index contributed by atoms with van der Waals surface area (Å²) in [4.78, 5) is 3.27. The molecule has 0 aromatic carbocycles. The van der Waals surface area contributed by atoms with E-state index >= 15 is 0 Å². The highest BCUT2D eigenvalue weighted by Crippen LogP contribution is 2.43. The van der Waals surface area contributed by atoms with Crippen LogP contribution in [0.3, 0.4) is 0 Å². The number of methoxy groups -OCH3 is 1. The van der Waals surface area contributed by atoms with Crippen LogP contribution in [0.1, 0.15) is 11.3 Å². The molecular weight excluding hydrogens is 284 g/mol. The molecule has 0 fully saturated rings. The molecule has 19 heavy (non-hydrogen) atoms. The predicted molar refractivity (Wildman–Crippen MR) is 48.4 cm³/mol. The van der Waals surface area contributed by atoms with Gasteiger partial charge in [-0.2, -0.15) is 13.2 Å². The summed E-state index contributed by atoms with van der Waals surface area (Å²) in [5, 5.41) is 8.72. The molecule has 0 aliphatic carbocycles. The van der Waals surface area contributed by atoms with E-state index in [1.807, 2.05) is 0 Å². The first-order valence-electron chi connectivity index (χ1n) is 4.60. The third-order valence-electron chi connectivity index (χ3n) is 1.87. The molecule has 0 unspecified atom stereocenters. The Bertz CT molecular complexity index is 456. The number of nitrogens with zero attached hydrogens (tertiary/aromatic N) is 1. The lowest BCUT2D eigenvalue weighted by molar-refractivity contribution is -0.276. The zero-order chi connectivity index (χ0) is 14.8. The molecule has 0 saturated carbocycles. The quantitative estimate of drug-likeness (QED) is 0.869. The summed E-state index contributed by atoms with van der Waals surface area (Å²) in [5.74, 6) is -2.61. The fourth-order valence-corrected chi connectivity index (χ4v) is 1.21. The van der Waals surface area contributed by atoms with E-state index in [1.54, 1.807) is 0 Å². The topological polar surface area (TPSA) is 51.6 Å². The minimum Gasteiger partial charge on any atom is -0.478 e. The fraction of sp³-hybridized carbons (Fsp3) is 0.444. The zero-order valence-corrected chi connectivity index (χ0v) is 9.26. The SMILES string of the molecule is COc1nc(CO)cc(C(F)(F)F)c1OC(F)(F)F. The van der Waals surface area contributed by atoms with Crippen LogP contribution in [-0.2, 0) is 12.8 Å². The molecule has 1 aromatic rings. The first-order valence-corrected chi connectivity index (χ1v) is 4.60. The molecule has 1 heterocycles. The van der Waals surface area contributed by atoms with E-state index in [9.17, 15) is 26.3 Å². The van der Waals surface area contributed by atoms with Crippen molar-refractivity contribution in [2.75, 3.05) is 7.11 Å². The second kappa shape index (κ2) is 5.11. The lowest BCUT2D eigenvalue weighted by Gasteiger charge is -2.18. The molecule has 0 aliphatic heterocycles. The largest absolute Gasteiger partial charge is 0.573 e. The second-order valence-corrected chi connectivity index (χ2v) is 3.20. The number of pyridine rings is 1. The third kappa shape index (κ3) is 3.88. The van der Waals surface area contributed by atoms with Crippen molar-refractivity contribution >= 4 is 0 Å². The molecule has 0 amide bonds. The highest BCUT2D eigenvalue weighted by atomic mass is 19.4. The van der Waals surface area contributed by atoms with Crippen LogP contribution in [0.2, 0.25) is 0 Å². The number of halogens is 6. The van der Waals surface area contributed by atoms with Crippen LogP contribution in [0.5, 0.6) is 11.6 Å². The monoisotopic (exact) mass is 291 g/mol. The van der Waals surface area contributed by atoms with Gasteiger partial charge in [0, 0.05) is 0 Å². The number of aliphatic hydroxyl groups is 1. The smallest absolute Gasteiger partial charge is 0.478 e. The van der Waals surface area contributed by atoms with Crippen LogP contribution in [0.4, 0.5) is 26.3 Å². The van der Waals surface area contributed by atoms with Gasteiger partial charge in [0.25, 0.3) is 5.88 Å². The van der Waals surface area contributed by atoms with Crippen LogP contribution in [-0.4, -0.2) is 23.6 Å². The van der Waals surface area contributed by atoms with E-state index < -0.39 is 42.0 Å². The maximum absolute atomic E-state index is 12.6. The van der Waals surface area contributed by atoms with Crippen LogP contribution in [0.25, 0.3) is 0 Å². The highest BCUT2D eigenvalue weighted by Gasteiger charge is 2.42. The first kappa shape index (κ1) is 15.3. The van der Waals surface area contributed by atoms with E-state index in [-0.39, 0.29) is 6.07 Å². The molecule has 108 valence electrons. The molecule has 1 N–H and O–H groups in total. The molecule has 0 aliphatic rings. The van der Waals surface area contributed by atoms with E-state index in [4.69, 9.17) is 5.11 Å². The minimum absolute atomic E-state index is 0.254. The molecule has 1 rings (SSSR count). The number of hydrogen-bond acceptors (Lipinski definition) is 4. The molecule has 0 atom stereocenters. The van der Waals surface area contributed by atoms with E-state index in [1.165, 1.54) is 0 Å². The number of hydrogen-bond donors (Lipinski definition) is 1. The Kier molecular flexibility index (Phi) is 4.13. The van der Waals surface area contributed by atoms with Gasteiger partial charge < -0.3 is 14.6 Å². The Balaban J connectivity index is 3.47. The highest BCUT2D eigenvalue weighted by molar-refractivity contribution is 5.45. The molecule has 4 nitrogen and oxygen atoms in total. The Morgan fingerprint density at radius 1 is 1.21 bits per heavy atom. The predicted octanol–water partition coefficient (Wildman–Crippen LogP) is 2.50. The van der Waals surface area contributed by atoms with Crippen molar-refractivity contribution in [3.05, 3.63) is 17.3 Å². The summed E-state index contributed by atoms with van der Waals surface area (Å²) < 4.78 is 81.8. The molecule has 1 aromatic heterocycles. The average molecular weight is 291 g/mol. The number of ether oxygens (including phenoxy) is 2. The standard InChI is InChI=1S/C9H7F6NO3/c1-18-7-6(19-9(13,14)15)5(8(10,11)12)2-4(3-17)16-7/h2,17H,3H2,1H3. The number of rotatable bonds is 3. The number of aromatic nitrogens is 1. The Hall–Kier alpha value is -1.71. The van der Waals surface area contributed by atoms with Gasteiger partial charge in [0.2, 0.25) is 5.75 Å². The number of aliphatic hydroxyl groups excluding tert-OH is 1. The maximum Gasteiger partial charge on any atom is 0.573 e. The van der Waals surface area contributed by atoms with E-state index in [2.05, 4.69) is 14.5 Å². The van der Waals surface area contributed by atoms with Crippen LogP contribution in [0.15, 0.2) is 6.07 Å². The summed E-state index contributed by atoms with van der Waals surface area (Å²) in [5.41, 5.74) is -2.24. The molecule has 0 radical (unpaired) electrons. The van der Waals surface area contributed by atoms with Gasteiger partial charge in [-0.15, -0.1) is 13.2 Å². The molecule has 0 saturated heterocycles. The van der Waals surface area contributed by atoms with Crippen molar-refractivity contribution in [2.45, 2.75) is 19.1 Å². The maximum atomic E-state index is 12.6. The summed E-state index contributed by atoms with van der Waals surface area (Å²) in [6, 6.07) is 0.254. The van der Waals surface area contributed by atoms with Gasteiger partial charge in [0.15, 0.2) is 0 Å². The van der Waals surface area contributed by atoms with Gasteiger partial charge in [-0.05, 0) is 6.07 Å². The summed E-state index contributed by atoms with van der Waals surface area (Å²) in [6.07, 6.45) is -10.5. The number of alkyl halides is 6. The van der Waals surface area contributed by atoms with Gasteiger partial charge in [-0.1, -0.05) is 0 Å². The molecular formula is C9H7F6NO3.